The molecule has 11 nitrogen and oxygen atoms in total. The molecule has 62 heavy (non-hydrogen) atoms. The Morgan fingerprint density at radius 3 is 1.16 bits per heavy atom. The smallest absolute Gasteiger partial charge is 0.462 e. The Hall–Kier alpha value is -2.30. The zero-order valence-electron chi connectivity index (χ0n) is 39.6. The van der Waals surface area contributed by atoms with E-state index < -0.39 is 57.8 Å². The van der Waals surface area contributed by atoms with E-state index >= 15 is 0 Å². The number of carbonyl (C=O) groups excluding carboxylic acids is 3. The molecule has 2 N–H and O–H groups in total. The zero-order valence-corrected chi connectivity index (χ0v) is 40.5. The largest absolute Gasteiger partial charge is 0.472 e. The van der Waals surface area contributed by atoms with Crippen molar-refractivity contribution in [2.45, 2.75) is 238 Å². The van der Waals surface area contributed by atoms with Crippen LogP contribution in [0.5, 0.6) is 0 Å². The number of carbonyl (C=O) groups is 3. The Bertz CT molecular complexity index is 1190. The first-order valence-electron chi connectivity index (χ1n) is 24.9. The first-order chi connectivity index (χ1) is 30.2. The van der Waals surface area contributed by atoms with Crippen LogP contribution >= 0.6 is 7.82 Å². The molecule has 0 saturated heterocycles. The third-order valence-corrected chi connectivity index (χ3v) is 11.5. The molecular formula is C50H91O11P. The molecule has 3 atom stereocenters. The summed E-state index contributed by atoms with van der Waals surface area (Å²) in [5.41, 5.74) is 0. The first kappa shape index (κ1) is 59.7. The van der Waals surface area contributed by atoms with Crippen molar-refractivity contribution in [1.82, 2.24) is 0 Å². The van der Waals surface area contributed by atoms with Gasteiger partial charge in [0.1, 0.15) is 12.7 Å². The van der Waals surface area contributed by atoms with Crippen molar-refractivity contribution in [3.05, 3.63) is 36.5 Å². The minimum absolute atomic E-state index is 0.157. The Morgan fingerprint density at radius 1 is 0.435 bits per heavy atom. The average molecular weight is 899 g/mol. The fourth-order valence-electron chi connectivity index (χ4n) is 6.61. The van der Waals surface area contributed by atoms with E-state index in [2.05, 4.69) is 57.2 Å². The molecular weight excluding hydrogens is 808 g/mol. The van der Waals surface area contributed by atoms with Gasteiger partial charge in [0.2, 0.25) is 0 Å². The number of phosphoric acid groups is 1. The standard InChI is InChI=1S/C50H91O11P/c1-4-7-10-13-16-19-22-23-26-29-32-35-38-41-50(54)61-47(43-57-48(52)39-36-33-30-27-24-20-17-14-11-8-5-2)45-59-62(55,56)58-44-46(42-51)60-49(53)40-37-34-31-28-25-21-18-15-12-9-6-3/h14-15,17-19,22,46-47,51H,4-13,16,20-21,23-45H2,1-3H3,(H,55,56)/b17-14-,18-15-,22-19-. The molecule has 0 aromatic heterocycles. The topological polar surface area (TPSA) is 155 Å². The van der Waals surface area contributed by atoms with Gasteiger partial charge in [-0.2, -0.15) is 0 Å². The van der Waals surface area contributed by atoms with E-state index in [0.717, 1.165) is 116 Å². The fraction of sp³-hybridized carbons (Fsp3) is 0.820. The lowest BCUT2D eigenvalue weighted by Crippen LogP contribution is -2.30. The van der Waals surface area contributed by atoms with E-state index in [0.29, 0.717) is 19.3 Å². The van der Waals surface area contributed by atoms with Crippen molar-refractivity contribution in [3.63, 3.8) is 0 Å². The Labute approximate surface area is 378 Å². The minimum atomic E-state index is -4.74. The number of aliphatic hydroxyl groups excluding tert-OH is 1. The highest BCUT2D eigenvalue weighted by Crippen LogP contribution is 2.43. The highest BCUT2D eigenvalue weighted by Gasteiger charge is 2.28. The van der Waals surface area contributed by atoms with E-state index in [9.17, 15) is 28.9 Å². The Morgan fingerprint density at radius 2 is 0.758 bits per heavy atom. The van der Waals surface area contributed by atoms with Crippen LogP contribution in [0.2, 0.25) is 0 Å². The number of hydrogen-bond acceptors (Lipinski definition) is 10. The second kappa shape index (κ2) is 45.3. The maximum Gasteiger partial charge on any atom is 0.472 e. The van der Waals surface area contributed by atoms with Gasteiger partial charge < -0.3 is 24.2 Å². The van der Waals surface area contributed by atoms with Gasteiger partial charge in [0.15, 0.2) is 6.10 Å². The van der Waals surface area contributed by atoms with Crippen molar-refractivity contribution in [3.8, 4) is 0 Å². The molecule has 0 saturated carbocycles. The van der Waals surface area contributed by atoms with Gasteiger partial charge in [-0.05, 0) is 83.5 Å². The lowest BCUT2D eigenvalue weighted by Gasteiger charge is -2.21. The van der Waals surface area contributed by atoms with Gasteiger partial charge in [-0.3, -0.25) is 23.4 Å². The van der Waals surface area contributed by atoms with Crippen molar-refractivity contribution >= 4 is 25.7 Å². The molecule has 0 rings (SSSR count). The summed E-state index contributed by atoms with van der Waals surface area (Å²) in [6.45, 7) is 4.51. The molecule has 0 bridgehead atoms. The van der Waals surface area contributed by atoms with Crippen molar-refractivity contribution in [2.24, 2.45) is 0 Å². The number of hydrogen-bond donors (Lipinski definition) is 2. The van der Waals surface area contributed by atoms with Crippen LogP contribution in [0.4, 0.5) is 0 Å². The number of esters is 3. The highest BCUT2D eigenvalue weighted by molar-refractivity contribution is 7.47. The van der Waals surface area contributed by atoms with Crippen LogP contribution in [0.3, 0.4) is 0 Å². The monoisotopic (exact) mass is 899 g/mol. The van der Waals surface area contributed by atoms with Crippen LogP contribution in [0.15, 0.2) is 36.5 Å². The number of ether oxygens (including phenoxy) is 3. The first-order valence-corrected chi connectivity index (χ1v) is 26.4. The van der Waals surface area contributed by atoms with Gasteiger partial charge in [-0.25, -0.2) is 4.57 Å². The lowest BCUT2D eigenvalue weighted by atomic mass is 10.1. The molecule has 0 aromatic rings. The second-order valence-corrected chi connectivity index (χ2v) is 18.1. The molecule has 0 amide bonds. The normalized spacial score (nSPS) is 13.8. The molecule has 12 heteroatoms. The number of phosphoric ester groups is 1. The second-order valence-electron chi connectivity index (χ2n) is 16.6. The molecule has 0 spiro atoms. The summed E-state index contributed by atoms with van der Waals surface area (Å²) in [6.07, 6.45) is 42.6. The van der Waals surface area contributed by atoms with Crippen molar-refractivity contribution in [1.29, 1.82) is 0 Å². The maximum absolute atomic E-state index is 12.8. The van der Waals surface area contributed by atoms with Gasteiger partial charge in [0, 0.05) is 19.3 Å². The molecule has 0 heterocycles. The summed E-state index contributed by atoms with van der Waals surface area (Å²) in [6, 6.07) is 0. The molecule has 0 aliphatic carbocycles. The number of aliphatic hydroxyl groups is 1. The fourth-order valence-corrected chi connectivity index (χ4v) is 7.39. The molecule has 0 aliphatic heterocycles. The van der Waals surface area contributed by atoms with Crippen LogP contribution in [-0.2, 0) is 42.2 Å². The lowest BCUT2D eigenvalue weighted by molar-refractivity contribution is -0.161. The SMILES string of the molecule is CCCC/C=C\CCCCCCCC(=O)OCC(COP(=O)(O)OCC(CO)OC(=O)CCCCCCC/C=C\CCCC)OC(=O)CCCCCCC/C=C\CCCCCC. The van der Waals surface area contributed by atoms with Gasteiger partial charge in [-0.15, -0.1) is 0 Å². The van der Waals surface area contributed by atoms with E-state index in [1.807, 2.05) is 0 Å². The predicted octanol–water partition coefficient (Wildman–Crippen LogP) is 13.7. The summed E-state index contributed by atoms with van der Waals surface area (Å²) in [4.78, 5) is 48.1. The van der Waals surface area contributed by atoms with Crippen molar-refractivity contribution < 1.29 is 52.2 Å². The van der Waals surface area contributed by atoms with E-state index in [1.54, 1.807) is 0 Å². The molecule has 0 radical (unpaired) electrons. The van der Waals surface area contributed by atoms with E-state index in [4.69, 9.17) is 23.3 Å². The van der Waals surface area contributed by atoms with Gasteiger partial charge in [-0.1, -0.05) is 160 Å². The van der Waals surface area contributed by atoms with Crippen molar-refractivity contribution in [2.75, 3.05) is 26.4 Å². The average Bonchev–Trinajstić information content (AvgIpc) is 3.25. The van der Waals surface area contributed by atoms with E-state index in [-0.39, 0.29) is 25.9 Å². The highest BCUT2D eigenvalue weighted by atomic mass is 31.2. The van der Waals surface area contributed by atoms with Crippen LogP contribution in [0.25, 0.3) is 0 Å². The zero-order chi connectivity index (χ0) is 45.6. The summed E-state index contributed by atoms with van der Waals surface area (Å²) in [5, 5.41) is 9.74. The number of rotatable bonds is 46. The third-order valence-electron chi connectivity index (χ3n) is 10.5. The molecule has 0 aliphatic rings. The summed E-state index contributed by atoms with van der Waals surface area (Å²) in [7, 11) is -4.74. The quantitative estimate of drug-likeness (QED) is 0.0197. The molecule has 362 valence electrons. The molecule has 0 aromatic carbocycles. The van der Waals surface area contributed by atoms with Gasteiger partial charge in [0.05, 0.1) is 19.8 Å². The summed E-state index contributed by atoms with van der Waals surface area (Å²) >= 11 is 0. The van der Waals surface area contributed by atoms with Crippen LogP contribution in [-0.4, -0.2) is 66.5 Å². The molecule has 0 fully saturated rings. The van der Waals surface area contributed by atoms with Crippen LogP contribution < -0.4 is 0 Å². The third kappa shape index (κ3) is 43.0. The van der Waals surface area contributed by atoms with Crippen LogP contribution in [0.1, 0.15) is 226 Å². The van der Waals surface area contributed by atoms with Crippen LogP contribution in [0, 0.1) is 0 Å². The summed E-state index contributed by atoms with van der Waals surface area (Å²) in [5.74, 6) is -1.49. The van der Waals surface area contributed by atoms with E-state index in [1.165, 1.54) is 51.4 Å². The number of allylic oxidation sites excluding steroid dienone is 6. The molecule has 3 unspecified atom stereocenters. The Kier molecular flexibility index (Phi) is 43.6. The predicted molar refractivity (Wildman–Crippen MR) is 252 cm³/mol. The minimum Gasteiger partial charge on any atom is -0.462 e. The maximum atomic E-state index is 12.8. The number of unbranched alkanes of at least 4 members (excludes halogenated alkanes) is 23. The summed E-state index contributed by atoms with van der Waals surface area (Å²) < 4.78 is 39.2. The Balaban J connectivity index is 4.76. The van der Waals surface area contributed by atoms with Gasteiger partial charge >= 0.3 is 25.7 Å². The van der Waals surface area contributed by atoms with Gasteiger partial charge in [0.25, 0.3) is 0 Å².